The Morgan fingerprint density at radius 1 is 1.00 bits per heavy atom. The average Bonchev–Trinajstić information content (AvgIpc) is 2.97. The molecule has 2 aromatic heterocycles. The number of amides is 2. The van der Waals surface area contributed by atoms with Crippen LogP contribution >= 0.6 is 0 Å². The van der Waals surface area contributed by atoms with Gasteiger partial charge in [-0.1, -0.05) is 30.4 Å². The van der Waals surface area contributed by atoms with Crippen molar-refractivity contribution in [2.24, 2.45) is 4.99 Å². The number of pyridine rings is 2. The summed E-state index contributed by atoms with van der Waals surface area (Å²) >= 11 is 0. The zero-order valence-corrected chi connectivity index (χ0v) is 22.9. The topological polar surface area (TPSA) is 112 Å². The maximum atomic E-state index is 12.8. The molecule has 0 bridgehead atoms. The predicted octanol–water partition coefficient (Wildman–Crippen LogP) is 3.77. The first-order valence-electron chi connectivity index (χ1n) is 13.2. The van der Waals surface area contributed by atoms with Crippen LogP contribution in [0.4, 0.5) is 5.69 Å². The number of carbonyl (C=O) groups is 2. The van der Waals surface area contributed by atoms with Crippen LogP contribution < -0.4 is 16.0 Å². The number of rotatable bonds is 16. The Balaban J connectivity index is 1.53. The van der Waals surface area contributed by atoms with Crippen LogP contribution in [0.5, 0.6) is 0 Å². The molecule has 9 nitrogen and oxygen atoms in total. The molecule has 0 aliphatic heterocycles. The number of aromatic nitrogens is 2. The maximum absolute atomic E-state index is 12.8. The molecule has 0 atom stereocenters. The average molecular weight is 540 g/mol. The Kier molecular flexibility index (Phi) is 12.9. The number of nitrogens with one attached hydrogen (secondary N) is 3. The molecular weight excluding hydrogens is 502 g/mol. The van der Waals surface area contributed by atoms with Crippen LogP contribution in [-0.2, 0) is 24.3 Å². The lowest BCUT2D eigenvalue weighted by Crippen LogP contribution is -2.33. The molecule has 3 aromatic rings. The van der Waals surface area contributed by atoms with Gasteiger partial charge in [0.25, 0.3) is 5.91 Å². The SMILES string of the molecule is C=N/C=C\C=C/CCN(Cc1ccccn1)Cc1ccc(C(=O)Nc2ccc(CCNC(=O)CNC)cc2)cn1. The van der Waals surface area contributed by atoms with Crippen molar-refractivity contribution in [2.75, 3.05) is 32.0 Å². The number of benzene rings is 1. The first kappa shape index (κ1) is 30.1. The number of aliphatic imine (C=N–C) groups is 1. The van der Waals surface area contributed by atoms with E-state index in [-0.39, 0.29) is 11.8 Å². The molecule has 208 valence electrons. The molecule has 2 heterocycles. The molecule has 0 radical (unpaired) electrons. The van der Waals surface area contributed by atoms with Gasteiger partial charge in [0.2, 0.25) is 5.91 Å². The van der Waals surface area contributed by atoms with Gasteiger partial charge in [-0.2, -0.15) is 0 Å². The van der Waals surface area contributed by atoms with Crippen LogP contribution in [0, 0.1) is 0 Å². The summed E-state index contributed by atoms with van der Waals surface area (Å²) in [5, 5.41) is 8.59. The molecule has 0 spiro atoms. The minimum Gasteiger partial charge on any atom is -0.355 e. The summed E-state index contributed by atoms with van der Waals surface area (Å²) in [6.07, 6.45) is 12.5. The van der Waals surface area contributed by atoms with Gasteiger partial charge in [-0.15, -0.1) is 0 Å². The molecular formula is C31H37N7O2. The van der Waals surface area contributed by atoms with Crippen molar-refractivity contribution in [3.8, 4) is 0 Å². The van der Waals surface area contributed by atoms with Crippen LogP contribution in [0.25, 0.3) is 0 Å². The Morgan fingerprint density at radius 2 is 1.80 bits per heavy atom. The smallest absolute Gasteiger partial charge is 0.257 e. The Bertz CT molecular complexity index is 1260. The van der Waals surface area contributed by atoms with Crippen molar-refractivity contribution in [1.29, 1.82) is 0 Å². The van der Waals surface area contributed by atoms with E-state index in [9.17, 15) is 9.59 Å². The standard InChI is InChI=1S/C31H37N7O2/c1-32-17-6-3-4-8-20-38(23-28-9-5-7-18-34-28)24-29-15-12-26(21-36-29)31(40)37-27-13-10-25(11-14-27)16-19-35-30(39)22-33-2/h3-7,9-15,17-18,21,33H,1,8,16,19-20,22-24H2,2H3,(H,35,39)(H,37,40)/b4-3-,17-6-. The van der Waals surface area contributed by atoms with Gasteiger partial charge in [-0.3, -0.25) is 29.4 Å². The molecule has 2 amide bonds. The Morgan fingerprint density at radius 3 is 2.48 bits per heavy atom. The van der Waals surface area contributed by atoms with Crippen LogP contribution in [0.3, 0.4) is 0 Å². The van der Waals surface area contributed by atoms with E-state index in [1.807, 2.05) is 60.7 Å². The first-order valence-corrected chi connectivity index (χ1v) is 13.2. The van der Waals surface area contributed by atoms with Gasteiger partial charge in [0, 0.05) is 50.5 Å². The van der Waals surface area contributed by atoms with E-state index < -0.39 is 0 Å². The fourth-order valence-corrected chi connectivity index (χ4v) is 3.89. The van der Waals surface area contributed by atoms with Gasteiger partial charge in [0.1, 0.15) is 0 Å². The highest BCUT2D eigenvalue weighted by Crippen LogP contribution is 2.13. The van der Waals surface area contributed by atoms with Gasteiger partial charge in [0.05, 0.1) is 23.5 Å². The minimum atomic E-state index is -0.219. The molecule has 3 N–H and O–H groups in total. The lowest BCUT2D eigenvalue weighted by molar-refractivity contribution is -0.120. The molecule has 1 aromatic carbocycles. The number of hydrogen-bond acceptors (Lipinski definition) is 7. The highest BCUT2D eigenvalue weighted by atomic mass is 16.2. The van der Waals surface area contributed by atoms with E-state index in [0.29, 0.717) is 43.9 Å². The van der Waals surface area contributed by atoms with Crippen LogP contribution in [-0.4, -0.2) is 60.1 Å². The third-order valence-electron chi connectivity index (χ3n) is 5.92. The van der Waals surface area contributed by atoms with Crippen molar-refractivity contribution in [3.63, 3.8) is 0 Å². The van der Waals surface area contributed by atoms with Gasteiger partial charge in [-0.05, 0) is 74.6 Å². The molecule has 0 fully saturated rings. The lowest BCUT2D eigenvalue weighted by Gasteiger charge is -2.21. The first-order chi connectivity index (χ1) is 19.6. The third kappa shape index (κ3) is 11.1. The number of anilines is 1. The zero-order chi connectivity index (χ0) is 28.4. The second-order valence-electron chi connectivity index (χ2n) is 9.09. The van der Waals surface area contributed by atoms with Crippen molar-refractivity contribution in [1.82, 2.24) is 25.5 Å². The summed E-state index contributed by atoms with van der Waals surface area (Å²) < 4.78 is 0. The summed E-state index contributed by atoms with van der Waals surface area (Å²) in [6, 6.07) is 17.2. The number of allylic oxidation sites excluding steroid dienone is 2. The van der Waals surface area contributed by atoms with Gasteiger partial charge < -0.3 is 16.0 Å². The molecule has 0 aliphatic carbocycles. The van der Waals surface area contributed by atoms with Crippen LogP contribution in [0.2, 0.25) is 0 Å². The summed E-state index contributed by atoms with van der Waals surface area (Å²) in [6.45, 7) is 6.44. The highest BCUT2D eigenvalue weighted by molar-refractivity contribution is 6.04. The molecule has 9 heteroatoms. The normalized spacial score (nSPS) is 11.2. The Labute approximate surface area is 236 Å². The van der Waals surface area contributed by atoms with Crippen molar-refractivity contribution in [2.45, 2.75) is 25.9 Å². The van der Waals surface area contributed by atoms with E-state index in [2.05, 4.69) is 48.6 Å². The quantitative estimate of drug-likeness (QED) is 0.189. The zero-order valence-electron chi connectivity index (χ0n) is 22.9. The molecule has 0 unspecified atom stereocenters. The highest BCUT2D eigenvalue weighted by Gasteiger charge is 2.11. The third-order valence-corrected chi connectivity index (χ3v) is 5.92. The molecule has 3 rings (SSSR count). The number of carbonyl (C=O) groups excluding carboxylic acids is 2. The molecule has 0 aliphatic rings. The fraction of sp³-hybridized carbons (Fsp3) is 0.258. The van der Waals surface area contributed by atoms with Crippen molar-refractivity contribution < 1.29 is 9.59 Å². The predicted molar refractivity (Wildman–Crippen MR) is 160 cm³/mol. The van der Waals surface area contributed by atoms with E-state index in [4.69, 9.17) is 0 Å². The summed E-state index contributed by atoms with van der Waals surface area (Å²) in [4.78, 5) is 39.3. The van der Waals surface area contributed by atoms with Crippen LogP contribution in [0.1, 0.15) is 33.7 Å². The molecule has 40 heavy (non-hydrogen) atoms. The summed E-state index contributed by atoms with van der Waals surface area (Å²) in [7, 11) is 1.74. The van der Waals surface area contributed by atoms with Gasteiger partial charge >= 0.3 is 0 Å². The monoisotopic (exact) mass is 539 g/mol. The van der Waals surface area contributed by atoms with E-state index >= 15 is 0 Å². The molecule has 0 saturated heterocycles. The maximum Gasteiger partial charge on any atom is 0.257 e. The number of likely N-dealkylation sites (N-methyl/N-ethyl adjacent to an activating group) is 1. The van der Waals surface area contributed by atoms with Crippen LogP contribution in [0.15, 0.2) is 96.4 Å². The van der Waals surface area contributed by atoms with Crippen molar-refractivity contribution >= 4 is 24.2 Å². The largest absolute Gasteiger partial charge is 0.355 e. The molecule has 0 saturated carbocycles. The summed E-state index contributed by atoms with van der Waals surface area (Å²) in [5.41, 5.74) is 4.12. The number of nitrogens with zero attached hydrogens (tertiary/aromatic N) is 4. The fourth-order valence-electron chi connectivity index (χ4n) is 3.89. The van der Waals surface area contributed by atoms with Gasteiger partial charge in [0.15, 0.2) is 0 Å². The van der Waals surface area contributed by atoms with Gasteiger partial charge in [-0.25, -0.2) is 0 Å². The lowest BCUT2D eigenvalue weighted by atomic mass is 10.1. The summed E-state index contributed by atoms with van der Waals surface area (Å²) in [5.74, 6) is -0.252. The number of hydrogen-bond donors (Lipinski definition) is 3. The van der Waals surface area contributed by atoms with E-state index in [1.54, 1.807) is 31.7 Å². The van der Waals surface area contributed by atoms with E-state index in [0.717, 1.165) is 29.9 Å². The minimum absolute atomic E-state index is 0.0328. The van der Waals surface area contributed by atoms with Crippen molar-refractivity contribution in [3.05, 3.63) is 114 Å². The van der Waals surface area contributed by atoms with E-state index in [1.165, 1.54) is 0 Å². The second-order valence-corrected chi connectivity index (χ2v) is 9.09. The second kappa shape index (κ2) is 17.2. The Hall–Kier alpha value is -4.47.